The van der Waals surface area contributed by atoms with Crippen molar-refractivity contribution < 1.29 is 9.50 Å². The minimum Gasteiger partial charge on any atom is -0.382 e. The fourth-order valence-corrected chi connectivity index (χ4v) is 2.02. The number of aryl methyl sites for hydroxylation is 1. The predicted molar refractivity (Wildman–Crippen MR) is 67.8 cm³/mol. The zero-order valence-electron chi connectivity index (χ0n) is 10.8. The SMILES string of the molecule is Cc1ccc(F)cc1C(O)c1cncn1C(C)C. The molecule has 2 rings (SSSR count). The van der Waals surface area contributed by atoms with E-state index in [-0.39, 0.29) is 11.9 Å². The number of imidazole rings is 1. The fourth-order valence-electron chi connectivity index (χ4n) is 2.02. The molecule has 0 saturated carbocycles. The summed E-state index contributed by atoms with van der Waals surface area (Å²) in [6, 6.07) is 4.64. The van der Waals surface area contributed by atoms with Crippen molar-refractivity contribution >= 4 is 0 Å². The third-order valence-electron chi connectivity index (χ3n) is 3.07. The van der Waals surface area contributed by atoms with E-state index in [4.69, 9.17) is 0 Å². The number of aliphatic hydroxyl groups is 1. The van der Waals surface area contributed by atoms with Crippen LogP contribution in [0.1, 0.15) is 42.8 Å². The lowest BCUT2D eigenvalue weighted by atomic mass is 10.0. The molecule has 0 fully saturated rings. The number of benzene rings is 1. The van der Waals surface area contributed by atoms with Crippen LogP contribution in [0.15, 0.2) is 30.7 Å². The van der Waals surface area contributed by atoms with Crippen LogP contribution in [-0.2, 0) is 0 Å². The Hall–Kier alpha value is -1.68. The van der Waals surface area contributed by atoms with E-state index in [1.54, 1.807) is 18.6 Å². The molecule has 1 aromatic heterocycles. The van der Waals surface area contributed by atoms with Crippen molar-refractivity contribution in [2.24, 2.45) is 0 Å². The van der Waals surface area contributed by atoms with Gasteiger partial charge in [0.2, 0.25) is 0 Å². The molecule has 4 heteroatoms. The van der Waals surface area contributed by atoms with E-state index < -0.39 is 6.10 Å². The Balaban J connectivity index is 2.44. The van der Waals surface area contributed by atoms with E-state index in [0.717, 1.165) is 5.56 Å². The largest absolute Gasteiger partial charge is 0.382 e. The second kappa shape index (κ2) is 4.90. The molecule has 0 saturated heterocycles. The predicted octanol–water partition coefficient (Wildman–Crippen LogP) is 2.99. The number of aliphatic hydroxyl groups excluding tert-OH is 1. The molecule has 0 radical (unpaired) electrons. The first kappa shape index (κ1) is 12.8. The summed E-state index contributed by atoms with van der Waals surface area (Å²) in [5.74, 6) is -0.342. The summed E-state index contributed by atoms with van der Waals surface area (Å²) in [5.41, 5.74) is 2.12. The fraction of sp³-hybridized carbons (Fsp3) is 0.357. The highest BCUT2D eigenvalue weighted by Crippen LogP contribution is 2.26. The van der Waals surface area contributed by atoms with E-state index >= 15 is 0 Å². The van der Waals surface area contributed by atoms with Gasteiger partial charge in [0.05, 0.1) is 18.2 Å². The monoisotopic (exact) mass is 248 g/mol. The van der Waals surface area contributed by atoms with Crippen LogP contribution in [0.2, 0.25) is 0 Å². The lowest BCUT2D eigenvalue weighted by Crippen LogP contribution is -2.11. The van der Waals surface area contributed by atoms with Crippen molar-refractivity contribution in [1.29, 1.82) is 0 Å². The molecule has 0 aliphatic carbocycles. The van der Waals surface area contributed by atoms with Crippen molar-refractivity contribution in [3.8, 4) is 0 Å². The summed E-state index contributed by atoms with van der Waals surface area (Å²) in [7, 11) is 0. The molecular formula is C14H17FN2O. The van der Waals surface area contributed by atoms with E-state index in [9.17, 15) is 9.50 Å². The second-order valence-electron chi connectivity index (χ2n) is 4.72. The highest BCUT2D eigenvalue weighted by Gasteiger charge is 2.18. The quantitative estimate of drug-likeness (QED) is 0.906. The van der Waals surface area contributed by atoms with Gasteiger partial charge >= 0.3 is 0 Å². The van der Waals surface area contributed by atoms with Gasteiger partial charge in [0.1, 0.15) is 11.9 Å². The Kier molecular flexibility index (Phi) is 3.48. The number of hydrogen-bond acceptors (Lipinski definition) is 2. The Morgan fingerprint density at radius 2 is 2.06 bits per heavy atom. The molecule has 0 aliphatic rings. The Morgan fingerprint density at radius 1 is 1.33 bits per heavy atom. The topological polar surface area (TPSA) is 38.1 Å². The highest BCUT2D eigenvalue weighted by atomic mass is 19.1. The lowest BCUT2D eigenvalue weighted by Gasteiger charge is -2.18. The molecule has 1 atom stereocenters. The van der Waals surface area contributed by atoms with Crippen LogP contribution in [0.3, 0.4) is 0 Å². The summed E-state index contributed by atoms with van der Waals surface area (Å²) in [4.78, 5) is 4.05. The number of aromatic nitrogens is 2. The number of halogens is 1. The standard InChI is InChI=1S/C14H17FN2O/c1-9(2)17-8-16-7-13(17)14(18)12-6-11(15)5-4-10(12)3/h4-9,14,18H,1-3H3. The third-order valence-corrected chi connectivity index (χ3v) is 3.07. The molecule has 0 spiro atoms. The van der Waals surface area contributed by atoms with Crippen LogP contribution in [0.25, 0.3) is 0 Å². The normalized spacial score (nSPS) is 13.0. The van der Waals surface area contributed by atoms with Crippen LogP contribution in [0, 0.1) is 12.7 Å². The van der Waals surface area contributed by atoms with E-state index in [2.05, 4.69) is 4.98 Å². The van der Waals surface area contributed by atoms with Crippen LogP contribution in [0.5, 0.6) is 0 Å². The maximum absolute atomic E-state index is 13.3. The summed E-state index contributed by atoms with van der Waals surface area (Å²) in [5, 5.41) is 10.4. The van der Waals surface area contributed by atoms with Crippen molar-refractivity contribution in [1.82, 2.24) is 9.55 Å². The molecule has 0 amide bonds. The van der Waals surface area contributed by atoms with Gasteiger partial charge in [-0.3, -0.25) is 0 Å². The zero-order valence-corrected chi connectivity index (χ0v) is 10.8. The Labute approximate surface area is 106 Å². The van der Waals surface area contributed by atoms with E-state index in [0.29, 0.717) is 11.3 Å². The van der Waals surface area contributed by atoms with Gasteiger partial charge in [-0.2, -0.15) is 0 Å². The molecule has 96 valence electrons. The molecule has 3 nitrogen and oxygen atoms in total. The smallest absolute Gasteiger partial charge is 0.123 e. The number of rotatable bonds is 3. The molecule has 18 heavy (non-hydrogen) atoms. The van der Waals surface area contributed by atoms with E-state index in [1.165, 1.54) is 12.1 Å². The van der Waals surface area contributed by atoms with Gasteiger partial charge in [0, 0.05) is 6.04 Å². The zero-order chi connectivity index (χ0) is 13.3. The van der Waals surface area contributed by atoms with Crippen molar-refractivity contribution in [3.05, 3.63) is 53.4 Å². The van der Waals surface area contributed by atoms with Gasteiger partial charge < -0.3 is 9.67 Å². The molecular weight excluding hydrogens is 231 g/mol. The Bertz CT molecular complexity index is 548. The second-order valence-corrected chi connectivity index (χ2v) is 4.72. The molecule has 1 unspecified atom stereocenters. The van der Waals surface area contributed by atoms with Gasteiger partial charge in [-0.25, -0.2) is 9.37 Å². The van der Waals surface area contributed by atoms with Gasteiger partial charge in [0.15, 0.2) is 0 Å². The van der Waals surface area contributed by atoms with Crippen molar-refractivity contribution in [2.75, 3.05) is 0 Å². The molecule has 1 N–H and O–H groups in total. The van der Waals surface area contributed by atoms with Crippen molar-refractivity contribution in [3.63, 3.8) is 0 Å². The average molecular weight is 248 g/mol. The van der Waals surface area contributed by atoms with Crippen LogP contribution >= 0.6 is 0 Å². The Morgan fingerprint density at radius 3 is 2.72 bits per heavy atom. The maximum Gasteiger partial charge on any atom is 0.123 e. The minimum atomic E-state index is -0.856. The molecule has 1 aromatic carbocycles. The summed E-state index contributed by atoms with van der Waals surface area (Å²) < 4.78 is 15.2. The van der Waals surface area contributed by atoms with Gasteiger partial charge in [0.25, 0.3) is 0 Å². The summed E-state index contributed by atoms with van der Waals surface area (Å²) >= 11 is 0. The molecule has 0 bridgehead atoms. The number of hydrogen-bond donors (Lipinski definition) is 1. The van der Waals surface area contributed by atoms with Crippen molar-refractivity contribution in [2.45, 2.75) is 32.9 Å². The minimum absolute atomic E-state index is 0.200. The van der Waals surface area contributed by atoms with Crippen LogP contribution in [-0.4, -0.2) is 14.7 Å². The maximum atomic E-state index is 13.3. The molecule has 1 heterocycles. The highest BCUT2D eigenvalue weighted by molar-refractivity contribution is 5.33. The van der Waals surface area contributed by atoms with Gasteiger partial charge in [-0.15, -0.1) is 0 Å². The summed E-state index contributed by atoms with van der Waals surface area (Å²) in [6.07, 6.45) is 2.44. The van der Waals surface area contributed by atoms with Crippen LogP contribution < -0.4 is 0 Å². The van der Waals surface area contributed by atoms with Crippen LogP contribution in [0.4, 0.5) is 4.39 Å². The summed E-state index contributed by atoms with van der Waals surface area (Å²) in [6.45, 7) is 5.88. The average Bonchev–Trinajstić information content (AvgIpc) is 2.80. The first-order chi connectivity index (χ1) is 8.50. The first-order valence-corrected chi connectivity index (χ1v) is 5.96. The first-order valence-electron chi connectivity index (χ1n) is 5.96. The molecule has 0 aliphatic heterocycles. The van der Waals surface area contributed by atoms with Gasteiger partial charge in [-0.05, 0) is 44.0 Å². The van der Waals surface area contributed by atoms with E-state index in [1.807, 2.05) is 25.3 Å². The number of nitrogens with zero attached hydrogens (tertiary/aromatic N) is 2. The molecule has 2 aromatic rings. The van der Waals surface area contributed by atoms with Gasteiger partial charge in [-0.1, -0.05) is 6.07 Å². The third kappa shape index (κ3) is 2.29. The lowest BCUT2D eigenvalue weighted by molar-refractivity contribution is 0.206.